The maximum absolute atomic E-state index is 13.5. The number of ether oxygens (including phenoxy) is 1. The van der Waals surface area contributed by atoms with Crippen LogP contribution in [0.15, 0.2) is 0 Å². The molecule has 332 valence electrons. The molecule has 3 amide bonds. The SMILES string of the molecule is CCCCCCCCCCCCCCN(CCCCCCCCCCCCCC)C(=O)CNC(=O)CN(CCCN(CCCN)CCCN)C(=O)OC(C)(C)C. The highest BCUT2D eigenvalue weighted by molar-refractivity contribution is 5.87. The molecule has 0 aliphatic carbocycles. The summed E-state index contributed by atoms with van der Waals surface area (Å²) >= 11 is 0. The Kier molecular flexibility index (Phi) is 37.3. The van der Waals surface area contributed by atoms with Crippen molar-refractivity contribution >= 4 is 17.9 Å². The van der Waals surface area contributed by atoms with Crippen molar-refractivity contribution in [3.63, 3.8) is 0 Å². The first kappa shape index (κ1) is 54.1. The van der Waals surface area contributed by atoms with E-state index >= 15 is 0 Å². The minimum atomic E-state index is -0.682. The predicted octanol–water partition coefficient (Wildman–Crippen LogP) is 9.96. The molecule has 0 rings (SSSR count). The molecule has 10 nitrogen and oxygen atoms in total. The van der Waals surface area contributed by atoms with Crippen molar-refractivity contribution in [2.75, 3.05) is 65.4 Å². The third kappa shape index (κ3) is 35.3. The number of unbranched alkanes of at least 4 members (excludes halogenated alkanes) is 22. The van der Waals surface area contributed by atoms with Crippen LogP contribution in [0.5, 0.6) is 0 Å². The summed E-state index contributed by atoms with van der Waals surface area (Å²) in [4.78, 5) is 45.6. The minimum Gasteiger partial charge on any atom is -0.444 e. The van der Waals surface area contributed by atoms with Gasteiger partial charge in [-0.3, -0.25) is 14.5 Å². The number of hydrogen-bond donors (Lipinski definition) is 3. The van der Waals surface area contributed by atoms with Crippen LogP contribution >= 0.6 is 0 Å². The molecule has 0 spiro atoms. The number of nitrogens with one attached hydrogen (secondary N) is 1. The smallest absolute Gasteiger partial charge is 0.410 e. The molecule has 0 saturated carbocycles. The summed E-state index contributed by atoms with van der Waals surface area (Å²) in [5.74, 6) is -0.383. The van der Waals surface area contributed by atoms with Crippen LogP contribution in [0.25, 0.3) is 0 Å². The van der Waals surface area contributed by atoms with Crippen molar-refractivity contribution in [3.05, 3.63) is 0 Å². The number of carbonyl (C=O) groups excluding carboxylic acids is 3. The van der Waals surface area contributed by atoms with E-state index in [9.17, 15) is 14.4 Å². The van der Waals surface area contributed by atoms with E-state index in [1.165, 1.54) is 133 Å². The Morgan fingerprint density at radius 2 is 0.839 bits per heavy atom. The van der Waals surface area contributed by atoms with E-state index in [1.807, 2.05) is 25.7 Å². The van der Waals surface area contributed by atoms with Gasteiger partial charge in [-0.05, 0) is 85.6 Å². The molecule has 0 aromatic carbocycles. The average molecular weight is 795 g/mol. The van der Waals surface area contributed by atoms with E-state index in [4.69, 9.17) is 16.2 Å². The van der Waals surface area contributed by atoms with Gasteiger partial charge in [0.15, 0.2) is 0 Å². The van der Waals surface area contributed by atoms with Crippen molar-refractivity contribution < 1.29 is 19.1 Å². The summed E-state index contributed by atoms with van der Waals surface area (Å²) in [6.07, 6.45) is 32.8. The monoisotopic (exact) mass is 795 g/mol. The van der Waals surface area contributed by atoms with Crippen LogP contribution in [0, 0.1) is 0 Å². The Morgan fingerprint density at radius 1 is 0.482 bits per heavy atom. The summed E-state index contributed by atoms with van der Waals surface area (Å²) in [7, 11) is 0. The van der Waals surface area contributed by atoms with Gasteiger partial charge in [-0.25, -0.2) is 4.79 Å². The van der Waals surface area contributed by atoms with Crippen molar-refractivity contribution in [1.29, 1.82) is 0 Å². The van der Waals surface area contributed by atoms with Crippen LogP contribution < -0.4 is 16.8 Å². The number of hydrogen-bond acceptors (Lipinski definition) is 7. The molecular formula is C46H94N6O4. The number of amides is 3. The Bertz CT molecular complexity index is 879. The van der Waals surface area contributed by atoms with Gasteiger partial charge in [-0.2, -0.15) is 0 Å². The van der Waals surface area contributed by atoms with Crippen molar-refractivity contribution in [2.45, 2.75) is 214 Å². The lowest BCUT2D eigenvalue weighted by molar-refractivity contribution is -0.133. The lowest BCUT2D eigenvalue weighted by atomic mass is 10.0. The largest absolute Gasteiger partial charge is 0.444 e. The van der Waals surface area contributed by atoms with Crippen LogP contribution in [0.4, 0.5) is 4.79 Å². The number of carbonyl (C=O) groups is 3. The zero-order valence-corrected chi connectivity index (χ0v) is 37.8. The van der Waals surface area contributed by atoms with E-state index in [2.05, 4.69) is 24.1 Å². The first-order valence-corrected chi connectivity index (χ1v) is 23.7. The lowest BCUT2D eigenvalue weighted by Crippen LogP contribution is -2.47. The van der Waals surface area contributed by atoms with Crippen LogP contribution in [0.1, 0.15) is 208 Å². The molecule has 0 aromatic heterocycles. The third-order valence-corrected chi connectivity index (χ3v) is 10.6. The highest BCUT2D eigenvalue weighted by Crippen LogP contribution is 2.15. The van der Waals surface area contributed by atoms with Gasteiger partial charge in [0, 0.05) is 19.6 Å². The van der Waals surface area contributed by atoms with Gasteiger partial charge in [0.05, 0.1) is 6.54 Å². The predicted molar refractivity (Wildman–Crippen MR) is 238 cm³/mol. The highest BCUT2D eigenvalue weighted by atomic mass is 16.6. The van der Waals surface area contributed by atoms with Crippen LogP contribution in [0.2, 0.25) is 0 Å². The molecule has 0 heterocycles. The maximum Gasteiger partial charge on any atom is 0.410 e. The molecule has 0 aromatic rings. The van der Waals surface area contributed by atoms with Gasteiger partial charge < -0.3 is 31.3 Å². The summed E-state index contributed by atoms with van der Waals surface area (Å²) < 4.78 is 5.66. The molecule has 0 aliphatic heterocycles. The Balaban J connectivity index is 5.01. The molecular weight excluding hydrogens is 701 g/mol. The second-order valence-corrected chi connectivity index (χ2v) is 17.3. The summed E-state index contributed by atoms with van der Waals surface area (Å²) in [6, 6.07) is 0. The fraction of sp³-hybridized carbons (Fsp3) is 0.935. The average Bonchev–Trinajstić information content (AvgIpc) is 3.16. The van der Waals surface area contributed by atoms with Gasteiger partial charge in [-0.15, -0.1) is 0 Å². The van der Waals surface area contributed by atoms with E-state index in [-0.39, 0.29) is 24.9 Å². The fourth-order valence-corrected chi connectivity index (χ4v) is 7.18. The van der Waals surface area contributed by atoms with Crippen molar-refractivity contribution in [3.8, 4) is 0 Å². The quantitative estimate of drug-likeness (QED) is 0.0526. The van der Waals surface area contributed by atoms with Crippen LogP contribution in [-0.2, 0) is 14.3 Å². The molecule has 0 atom stereocenters. The summed E-state index contributed by atoms with van der Waals surface area (Å²) in [6.45, 7) is 15.4. The zero-order valence-electron chi connectivity index (χ0n) is 37.8. The normalized spacial score (nSPS) is 11.6. The number of nitrogens with two attached hydrogens (primary N) is 2. The maximum atomic E-state index is 13.5. The van der Waals surface area contributed by atoms with E-state index in [1.54, 1.807) is 0 Å². The molecule has 0 saturated heterocycles. The second-order valence-electron chi connectivity index (χ2n) is 17.3. The standard InChI is InChI=1S/C46H94N6O4/c1-6-8-10-12-14-16-18-20-22-24-26-28-38-51(39-29-27-25-23-21-19-17-15-13-11-9-7-2)44(54)41-49-43(53)42-52(45(55)56-46(3,4)5)40-32-37-50(35-30-33-47)36-31-34-48/h6-42,47-48H2,1-5H3,(H,49,53). The van der Waals surface area contributed by atoms with Gasteiger partial charge in [0.2, 0.25) is 11.8 Å². The Morgan fingerprint density at radius 3 is 1.21 bits per heavy atom. The molecule has 0 aliphatic rings. The minimum absolute atomic E-state index is 0.0382. The van der Waals surface area contributed by atoms with Gasteiger partial charge >= 0.3 is 6.09 Å². The van der Waals surface area contributed by atoms with E-state index in [0.717, 1.165) is 71.2 Å². The summed E-state index contributed by atoms with van der Waals surface area (Å²) in [5, 5.41) is 2.84. The first-order chi connectivity index (χ1) is 27.1. The lowest BCUT2D eigenvalue weighted by Gasteiger charge is -2.28. The molecule has 56 heavy (non-hydrogen) atoms. The summed E-state index contributed by atoms with van der Waals surface area (Å²) in [5.41, 5.74) is 10.8. The third-order valence-electron chi connectivity index (χ3n) is 10.6. The van der Waals surface area contributed by atoms with Crippen LogP contribution in [0.3, 0.4) is 0 Å². The second kappa shape index (κ2) is 38.6. The number of nitrogens with zero attached hydrogens (tertiary/aromatic N) is 3. The molecule has 0 bridgehead atoms. The highest BCUT2D eigenvalue weighted by Gasteiger charge is 2.24. The molecule has 0 unspecified atom stereocenters. The van der Waals surface area contributed by atoms with Gasteiger partial charge in [-0.1, -0.05) is 155 Å². The Labute approximate surface area is 346 Å². The molecule has 10 heteroatoms. The topological polar surface area (TPSA) is 134 Å². The first-order valence-electron chi connectivity index (χ1n) is 23.7. The molecule has 0 fully saturated rings. The zero-order chi connectivity index (χ0) is 41.5. The van der Waals surface area contributed by atoms with Gasteiger partial charge in [0.25, 0.3) is 0 Å². The van der Waals surface area contributed by atoms with Gasteiger partial charge in [0.1, 0.15) is 12.1 Å². The molecule has 5 N–H and O–H groups in total. The van der Waals surface area contributed by atoms with Crippen molar-refractivity contribution in [2.24, 2.45) is 11.5 Å². The Hall–Kier alpha value is -1.91. The van der Waals surface area contributed by atoms with E-state index < -0.39 is 11.7 Å². The van der Waals surface area contributed by atoms with Crippen LogP contribution in [-0.4, -0.2) is 104 Å². The van der Waals surface area contributed by atoms with E-state index in [0.29, 0.717) is 26.1 Å². The number of rotatable bonds is 40. The van der Waals surface area contributed by atoms with Crippen molar-refractivity contribution in [1.82, 2.24) is 20.0 Å². The molecule has 0 radical (unpaired) electrons. The fourth-order valence-electron chi connectivity index (χ4n) is 7.18.